The number of likely N-dealkylation sites (tertiary alicyclic amines) is 1. The van der Waals surface area contributed by atoms with Crippen LogP contribution in [0.5, 0.6) is 0 Å². The number of hydrogen-bond acceptors (Lipinski definition) is 5. The SMILES string of the molecule is CN1C(=O)CCC(NCCS(N)(=O)=O)C1=O. The molecule has 0 saturated carbocycles. The number of carbonyl (C=O) groups is 2. The molecule has 0 aromatic rings. The summed E-state index contributed by atoms with van der Waals surface area (Å²) >= 11 is 0. The zero-order chi connectivity index (χ0) is 12.3. The van der Waals surface area contributed by atoms with Crippen LogP contribution >= 0.6 is 0 Å². The zero-order valence-corrected chi connectivity index (χ0v) is 9.79. The Morgan fingerprint density at radius 1 is 1.50 bits per heavy atom. The summed E-state index contributed by atoms with van der Waals surface area (Å²) in [7, 11) is -2.11. The van der Waals surface area contributed by atoms with Crippen LogP contribution in [0.25, 0.3) is 0 Å². The predicted molar refractivity (Wildman–Crippen MR) is 56.8 cm³/mol. The molecule has 1 aliphatic heterocycles. The molecule has 0 spiro atoms. The number of likely N-dealkylation sites (N-methyl/N-ethyl adjacent to an activating group) is 1. The lowest BCUT2D eigenvalue weighted by Gasteiger charge is -2.28. The summed E-state index contributed by atoms with van der Waals surface area (Å²) in [5.41, 5.74) is 0. The summed E-state index contributed by atoms with van der Waals surface area (Å²) in [4.78, 5) is 23.8. The third kappa shape index (κ3) is 3.54. The van der Waals surface area contributed by atoms with Gasteiger partial charge in [0.2, 0.25) is 21.8 Å². The van der Waals surface area contributed by atoms with Crippen LogP contribution in [0.1, 0.15) is 12.8 Å². The fourth-order valence-electron chi connectivity index (χ4n) is 1.48. The molecule has 8 heteroatoms. The van der Waals surface area contributed by atoms with Gasteiger partial charge in [-0.25, -0.2) is 13.6 Å². The monoisotopic (exact) mass is 249 g/mol. The Bertz CT molecular complexity index is 392. The van der Waals surface area contributed by atoms with E-state index in [1.165, 1.54) is 7.05 Å². The second-order valence-electron chi connectivity index (χ2n) is 3.70. The van der Waals surface area contributed by atoms with E-state index in [4.69, 9.17) is 5.14 Å². The fourth-order valence-corrected chi connectivity index (χ4v) is 1.88. The number of hydrogen-bond donors (Lipinski definition) is 2. The first-order valence-electron chi connectivity index (χ1n) is 4.85. The lowest BCUT2D eigenvalue weighted by Crippen LogP contribution is -2.52. The van der Waals surface area contributed by atoms with Crippen LogP contribution in [0.4, 0.5) is 0 Å². The van der Waals surface area contributed by atoms with Crippen molar-refractivity contribution in [3.05, 3.63) is 0 Å². The van der Waals surface area contributed by atoms with Gasteiger partial charge in [-0.15, -0.1) is 0 Å². The number of nitrogens with two attached hydrogens (primary N) is 1. The molecule has 1 rings (SSSR count). The maximum absolute atomic E-state index is 11.6. The lowest BCUT2D eigenvalue weighted by atomic mass is 10.1. The smallest absolute Gasteiger partial charge is 0.246 e. The minimum absolute atomic E-state index is 0.108. The molecule has 92 valence electrons. The lowest BCUT2D eigenvalue weighted by molar-refractivity contribution is -0.148. The molecule has 0 aromatic heterocycles. The molecule has 0 aliphatic carbocycles. The molecule has 7 nitrogen and oxygen atoms in total. The number of piperidine rings is 1. The summed E-state index contributed by atoms with van der Waals surface area (Å²) in [6.45, 7) is 0.108. The highest BCUT2D eigenvalue weighted by molar-refractivity contribution is 7.89. The first-order valence-corrected chi connectivity index (χ1v) is 6.57. The third-order valence-corrected chi connectivity index (χ3v) is 3.20. The van der Waals surface area contributed by atoms with Crippen LogP contribution in [0, 0.1) is 0 Å². The van der Waals surface area contributed by atoms with E-state index in [1.54, 1.807) is 0 Å². The highest BCUT2D eigenvalue weighted by Gasteiger charge is 2.31. The van der Waals surface area contributed by atoms with Gasteiger partial charge in [0.1, 0.15) is 0 Å². The van der Waals surface area contributed by atoms with Gasteiger partial charge in [0.25, 0.3) is 0 Å². The minimum Gasteiger partial charge on any atom is -0.305 e. The normalized spacial score (nSPS) is 22.6. The van der Waals surface area contributed by atoms with Crippen molar-refractivity contribution in [1.29, 1.82) is 0 Å². The molecule has 16 heavy (non-hydrogen) atoms. The number of rotatable bonds is 4. The molecule has 0 radical (unpaired) electrons. The van der Waals surface area contributed by atoms with Crippen molar-refractivity contribution in [3.63, 3.8) is 0 Å². The van der Waals surface area contributed by atoms with E-state index < -0.39 is 16.1 Å². The molecule has 0 bridgehead atoms. The Hall–Kier alpha value is -0.990. The molecule has 1 atom stereocenters. The highest BCUT2D eigenvalue weighted by Crippen LogP contribution is 2.10. The molecule has 3 N–H and O–H groups in total. The number of imide groups is 1. The molecule has 1 unspecified atom stereocenters. The van der Waals surface area contributed by atoms with Gasteiger partial charge in [0.05, 0.1) is 11.8 Å². The quantitative estimate of drug-likeness (QED) is 0.561. The predicted octanol–water partition coefficient (Wildman–Crippen LogP) is -1.99. The largest absolute Gasteiger partial charge is 0.305 e. The Labute approximate surface area is 94.0 Å². The van der Waals surface area contributed by atoms with Gasteiger partial charge in [-0.3, -0.25) is 14.5 Å². The molecule has 1 fully saturated rings. The van der Waals surface area contributed by atoms with Crippen LogP contribution in [0.2, 0.25) is 0 Å². The average molecular weight is 249 g/mol. The van der Waals surface area contributed by atoms with E-state index in [2.05, 4.69) is 5.32 Å². The van der Waals surface area contributed by atoms with Crippen molar-refractivity contribution in [3.8, 4) is 0 Å². The maximum atomic E-state index is 11.6. The minimum atomic E-state index is -3.52. The van der Waals surface area contributed by atoms with Crippen LogP contribution in [0.3, 0.4) is 0 Å². The second kappa shape index (κ2) is 4.89. The van der Waals surface area contributed by atoms with Crippen LogP contribution < -0.4 is 10.5 Å². The van der Waals surface area contributed by atoms with E-state index >= 15 is 0 Å². The number of nitrogens with zero attached hydrogens (tertiary/aromatic N) is 1. The van der Waals surface area contributed by atoms with E-state index in [0.29, 0.717) is 6.42 Å². The average Bonchev–Trinajstić information content (AvgIpc) is 2.16. The molecular weight excluding hydrogens is 234 g/mol. The Kier molecular flexibility index (Phi) is 4.00. The maximum Gasteiger partial charge on any atom is 0.246 e. The topological polar surface area (TPSA) is 110 Å². The van der Waals surface area contributed by atoms with Crippen molar-refractivity contribution >= 4 is 21.8 Å². The van der Waals surface area contributed by atoms with Gasteiger partial charge in [-0.1, -0.05) is 0 Å². The van der Waals surface area contributed by atoms with Crippen LogP contribution in [-0.2, 0) is 19.6 Å². The zero-order valence-electron chi connectivity index (χ0n) is 8.97. The van der Waals surface area contributed by atoms with Crippen molar-refractivity contribution in [1.82, 2.24) is 10.2 Å². The van der Waals surface area contributed by atoms with E-state index in [-0.39, 0.29) is 30.5 Å². The van der Waals surface area contributed by atoms with Crippen molar-refractivity contribution < 1.29 is 18.0 Å². The molecular formula is C8H15N3O4S. The fraction of sp³-hybridized carbons (Fsp3) is 0.750. The number of amides is 2. The van der Waals surface area contributed by atoms with E-state index in [0.717, 1.165) is 4.90 Å². The summed E-state index contributed by atoms with van der Waals surface area (Å²) in [6, 6.07) is -0.496. The Morgan fingerprint density at radius 3 is 2.69 bits per heavy atom. The standard InChI is InChI=1S/C8H15N3O4S/c1-11-7(12)3-2-6(8(11)13)10-4-5-16(9,14)15/h6,10H,2-5H2,1H3,(H2,9,14,15). The van der Waals surface area contributed by atoms with Crippen LogP contribution in [0.15, 0.2) is 0 Å². The van der Waals surface area contributed by atoms with Gasteiger partial charge in [-0.05, 0) is 6.42 Å². The van der Waals surface area contributed by atoms with Gasteiger partial charge in [0.15, 0.2) is 0 Å². The first-order chi connectivity index (χ1) is 7.31. The highest BCUT2D eigenvalue weighted by atomic mass is 32.2. The molecule has 0 aromatic carbocycles. The summed E-state index contributed by atoms with van der Waals surface area (Å²) in [5, 5.41) is 7.59. The molecule has 1 saturated heterocycles. The van der Waals surface area contributed by atoms with Gasteiger partial charge in [-0.2, -0.15) is 0 Å². The van der Waals surface area contributed by atoms with Crippen molar-refractivity contribution in [2.75, 3.05) is 19.3 Å². The Balaban J connectivity index is 2.44. The van der Waals surface area contributed by atoms with Crippen LogP contribution in [-0.4, -0.2) is 50.5 Å². The number of carbonyl (C=O) groups excluding carboxylic acids is 2. The molecule has 1 aliphatic rings. The van der Waals surface area contributed by atoms with E-state index in [1.807, 2.05) is 0 Å². The van der Waals surface area contributed by atoms with E-state index in [9.17, 15) is 18.0 Å². The van der Waals surface area contributed by atoms with Crippen molar-refractivity contribution in [2.24, 2.45) is 5.14 Å². The molecule has 2 amide bonds. The second-order valence-corrected chi connectivity index (χ2v) is 5.44. The summed E-state index contributed by atoms with van der Waals surface area (Å²) in [6.07, 6.45) is 0.682. The van der Waals surface area contributed by atoms with Gasteiger partial charge in [0, 0.05) is 20.0 Å². The van der Waals surface area contributed by atoms with Crippen molar-refractivity contribution in [2.45, 2.75) is 18.9 Å². The Morgan fingerprint density at radius 2 is 2.12 bits per heavy atom. The number of sulfonamides is 1. The van der Waals surface area contributed by atoms with Gasteiger partial charge < -0.3 is 5.32 Å². The number of nitrogens with one attached hydrogen (secondary N) is 1. The summed E-state index contributed by atoms with van der Waals surface area (Å²) in [5.74, 6) is -0.769. The first kappa shape index (κ1) is 13.1. The molecule has 1 heterocycles. The van der Waals surface area contributed by atoms with Gasteiger partial charge >= 0.3 is 0 Å². The third-order valence-electron chi connectivity index (χ3n) is 2.43. The summed E-state index contributed by atoms with van der Waals surface area (Å²) < 4.78 is 21.3. The number of primary sulfonamides is 1.